The lowest BCUT2D eigenvalue weighted by atomic mass is 10.2. The first kappa shape index (κ1) is 12.2. The molecule has 86 valence electrons. The second kappa shape index (κ2) is 5.25. The van der Waals surface area contributed by atoms with Crippen LogP contribution in [0.1, 0.15) is 13.3 Å². The van der Waals surface area contributed by atoms with Gasteiger partial charge in [0.2, 0.25) is 0 Å². The topological polar surface area (TPSA) is 49.3 Å². The maximum atomic E-state index is 13.2. The molecule has 0 radical (unpaired) electrons. The van der Waals surface area contributed by atoms with Crippen LogP contribution in [0.4, 0.5) is 14.5 Å². The maximum Gasteiger partial charge on any atom is 0.330 e. The fraction of sp³-hybridized carbons (Fsp3) is 0.182. The Morgan fingerprint density at radius 3 is 2.44 bits per heavy atom. The molecule has 3 nitrogen and oxygen atoms in total. The van der Waals surface area contributed by atoms with Crippen molar-refractivity contribution in [1.29, 1.82) is 0 Å². The second-order valence-corrected chi connectivity index (χ2v) is 3.08. The number of hydrogen-bond donors (Lipinski definition) is 2. The summed E-state index contributed by atoms with van der Waals surface area (Å²) in [6.45, 7) is 1.68. The Labute approximate surface area is 91.4 Å². The number of anilines is 1. The Hall–Kier alpha value is -1.91. The predicted molar refractivity (Wildman–Crippen MR) is 56.0 cm³/mol. The van der Waals surface area contributed by atoms with Crippen LogP contribution in [0.5, 0.6) is 0 Å². The molecule has 1 aromatic rings. The highest BCUT2D eigenvalue weighted by Gasteiger charge is 2.09. The van der Waals surface area contributed by atoms with E-state index in [1.165, 1.54) is 6.07 Å². The molecule has 0 saturated heterocycles. The van der Waals surface area contributed by atoms with Crippen molar-refractivity contribution >= 4 is 11.7 Å². The molecule has 0 unspecified atom stereocenters. The standard InChI is InChI=1S/C11H11F2NO2/c1-2-7(6-10(15)16)14-11-8(12)4-3-5-9(11)13/h3-6,14H,2H2,1H3,(H,15,16)/b7-6+. The molecule has 0 saturated carbocycles. The third kappa shape index (κ3) is 3.05. The summed E-state index contributed by atoms with van der Waals surface area (Å²) >= 11 is 0. The number of halogens is 2. The molecule has 1 rings (SSSR count). The van der Waals surface area contributed by atoms with Gasteiger partial charge in [-0.15, -0.1) is 0 Å². The Morgan fingerprint density at radius 2 is 2.00 bits per heavy atom. The summed E-state index contributed by atoms with van der Waals surface area (Å²) in [4.78, 5) is 10.4. The summed E-state index contributed by atoms with van der Waals surface area (Å²) in [6, 6.07) is 3.43. The molecule has 16 heavy (non-hydrogen) atoms. The zero-order valence-electron chi connectivity index (χ0n) is 8.63. The first-order valence-electron chi connectivity index (χ1n) is 4.69. The largest absolute Gasteiger partial charge is 0.478 e. The number of carboxylic acid groups (broad SMARTS) is 1. The predicted octanol–water partition coefficient (Wildman–Crippen LogP) is 2.76. The number of para-hydroxylation sites is 1. The molecule has 0 bridgehead atoms. The number of carbonyl (C=O) groups is 1. The number of hydrogen-bond acceptors (Lipinski definition) is 2. The van der Waals surface area contributed by atoms with E-state index in [9.17, 15) is 13.6 Å². The van der Waals surface area contributed by atoms with Crippen LogP contribution < -0.4 is 5.32 Å². The molecule has 0 amide bonds. The number of carboxylic acids is 1. The van der Waals surface area contributed by atoms with Crippen molar-refractivity contribution in [1.82, 2.24) is 0 Å². The lowest BCUT2D eigenvalue weighted by Crippen LogP contribution is -2.05. The minimum atomic E-state index is -1.17. The third-order valence-electron chi connectivity index (χ3n) is 1.93. The van der Waals surface area contributed by atoms with Crippen molar-refractivity contribution in [3.05, 3.63) is 41.6 Å². The van der Waals surface area contributed by atoms with Gasteiger partial charge in [-0.1, -0.05) is 13.0 Å². The van der Waals surface area contributed by atoms with E-state index in [4.69, 9.17) is 5.11 Å². The first-order chi connectivity index (χ1) is 7.54. The van der Waals surface area contributed by atoms with E-state index in [2.05, 4.69) is 5.32 Å². The van der Waals surface area contributed by atoms with Crippen LogP contribution in [0.15, 0.2) is 30.0 Å². The lowest BCUT2D eigenvalue weighted by molar-refractivity contribution is -0.131. The second-order valence-electron chi connectivity index (χ2n) is 3.08. The van der Waals surface area contributed by atoms with E-state index < -0.39 is 17.6 Å². The first-order valence-corrected chi connectivity index (χ1v) is 4.69. The molecule has 0 spiro atoms. The Morgan fingerprint density at radius 1 is 1.44 bits per heavy atom. The van der Waals surface area contributed by atoms with E-state index >= 15 is 0 Å². The zero-order valence-corrected chi connectivity index (χ0v) is 8.63. The van der Waals surface area contributed by atoms with Crippen LogP contribution in [0.2, 0.25) is 0 Å². The molecule has 1 aromatic carbocycles. The van der Waals surface area contributed by atoms with Crippen LogP contribution in [-0.4, -0.2) is 11.1 Å². The zero-order chi connectivity index (χ0) is 12.1. The van der Waals surface area contributed by atoms with Gasteiger partial charge in [-0.05, 0) is 18.6 Å². The van der Waals surface area contributed by atoms with E-state index in [1.54, 1.807) is 6.92 Å². The molecule has 0 heterocycles. The molecule has 0 aromatic heterocycles. The van der Waals surface area contributed by atoms with Gasteiger partial charge in [0.15, 0.2) is 0 Å². The Balaban J connectivity index is 2.99. The molecule has 5 heteroatoms. The molecular weight excluding hydrogens is 216 g/mol. The van der Waals surface area contributed by atoms with Gasteiger partial charge < -0.3 is 10.4 Å². The molecule has 2 N–H and O–H groups in total. The fourth-order valence-corrected chi connectivity index (χ4v) is 1.15. The van der Waals surface area contributed by atoms with Gasteiger partial charge in [-0.2, -0.15) is 0 Å². The summed E-state index contributed by atoms with van der Waals surface area (Å²) in [6.07, 6.45) is 1.21. The third-order valence-corrected chi connectivity index (χ3v) is 1.93. The van der Waals surface area contributed by atoms with Crippen LogP contribution >= 0.6 is 0 Å². The van der Waals surface area contributed by atoms with E-state index in [1.807, 2.05) is 0 Å². The van der Waals surface area contributed by atoms with Crippen molar-refractivity contribution in [2.24, 2.45) is 0 Å². The molecule has 0 aliphatic rings. The average molecular weight is 227 g/mol. The number of nitrogens with one attached hydrogen (secondary N) is 1. The monoisotopic (exact) mass is 227 g/mol. The van der Waals surface area contributed by atoms with Crippen LogP contribution in [0, 0.1) is 11.6 Å². The maximum absolute atomic E-state index is 13.2. The van der Waals surface area contributed by atoms with E-state index in [0.29, 0.717) is 6.42 Å². The van der Waals surface area contributed by atoms with Gasteiger partial charge in [-0.25, -0.2) is 13.6 Å². The van der Waals surface area contributed by atoms with Gasteiger partial charge in [0.05, 0.1) is 0 Å². The Bertz CT molecular complexity index is 410. The van der Waals surface area contributed by atoms with Crippen molar-refractivity contribution in [2.45, 2.75) is 13.3 Å². The number of benzene rings is 1. The van der Waals surface area contributed by atoms with E-state index in [-0.39, 0.29) is 11.4 Å². The highest BCUT2D eigenvalue weighted by molar-refractivity contribution is 5.81. The lowest BCUT2D eigenvalue weighted by Gasteiger charge is -2.10. The molecular formula is C11H11F2NO2. The highest BCUT2D eigenvalue weighted by Crippen LogP contribution is 2.20. The highest BCUT2D eigenvalue weighted by atomic mass is 19.1. The van der Waals surface area contributed by atoms with Gasteiger partial charge in [-0.3, -0.25) is 0 Å². The van der Waals surface area contributed by atoms with Crippen molar-refractivity contribution in [2.75, 3.05) is 5.32 Å². The van der Waals surface area contributed by atoms with Crippen LogP contribution in [0.25, 0.3) is 0 Å². The SMILES string of the molecule is CC/C(=C\C(=O)O)Nc1c(F)cccc1F. The van der Waals surface area contributed by atoms with Gasteiger partial charge in [0.25, 0.3) is 0 Å². The number of aliphatic carboxylic acids is 1. The molecule has 0 aliphatic heterocycles. The molecule has 0 atom stereocenters. The quantitative estimate of drug-likeness (QED) is 0.777. The minimum absolute atomic E-state index is 0.233. The van der Waals surface area contributed by atoms with Crippen molar-refractivity contribution in [3.8, 4) is 0 Å². The van der Waals surface area contributed by atoms with Crippen molar-refractivity contribution in [3.63, 3.8) is 0 Å². The average Bonchev–Trinajstić information content (AvgIpc) is 2.21. The van der Waals surface area contributed by atoms with Crippen LogP contribution in [-0.2, 0) is 4.79 Å². The molecule has 0 fully saturated rings. The van der Waals surface area contributed by atoms with Gasteiger partial charge in [0.1, 0.15) is 17.3 Å². The summed E-state index contributed by atoms with van der Waals surface area (Å²) in [7, 11) is 0. The Kier molecular flexibility index (Phi) is 3.99. The summed E-state index contributed by atoms with van der Waals surface area (Å²) in [5.41, 5.74) is -0.103. The van der Waals surface area contributed by atoms with Gasteiger partial charge >= 0.3 is 5.97 Å². The van der Waals surface area contributed by atoms with Crippen molar-refractivity contribution < 1.29 is 18.7 Å². The molecule has 0 aliphatic carbocycles. The fourth-order valence-electron chi connectivity index (χ4n) is 1.15. The minimum Gasteiger partial charge on any atom is -0.478 e. The summed E-state index contributed by atoms with van der Waals surface area (Å²) < 4.78 is 26.4. The summed E-state index contributed by atoms with van der Waals surface area (Å²) in [5, 5.41) is 11.0. The van der Waals surface area contributed by atoms with Gasteiger partial charge in [0, 0.05) is 11.8 Å². The van der Waals surface area contributed by atoms with E-state index in [0.717, 1.165) is 18.2 Å². The summed E-state index contributed by atoms with van der Waals surface area (Å²) in [5.74, 6) is -2.68. The number of rotatable bonds is 4. The normalized spacial score (nSPS) is 11.3. The number of allylic oxidation sites excluding steroid dienone is 1. The van der Waals surface area contributed by atoms with Crippen LogP contribution in [0.3, 0.4) is 0 Å². The smallest absolute Gasteiger partial charge is 0.330 e.